The molecule has 0 spiro atoms. The molecule has 0 aromatic heterocycles. The minimum atomic E-state index is 0.259. The second-order valence-electron chi connectivity index (χ2n) is 6.68. The molecule has 19 heavy (non-hydrogen) atoms. The van der Waals surface area contributed by atoms with Gasteiger partial charge >= 0.3 is 0 Å². The minimum absolute atomic E-state index is 0.259. The maximum Gasteiger partial charge on any atom is 0.0672 e. The Labute approximate surface area is 119 Å². The lowest BCUT2D eigenvalue weighted by Crippen LogP contribution is -2.38. The van der Waals surface area contributed by atoms with E-state index in [0.29, 0.717) is 6.04 Å². The number of hydrogen-bond donors (Lipinski definition) is 1. The molecule has 0 bridgehead atoms. The largest absolute Gasteiger partial charge is 0.312 e. The minimum Gasteiger partial charge on any atom is -0.312 e. The number of rotatable bonds is 4. The summed E-state index contributed by atoms with van der Waals surface area (Å²) in [5.74, 6) is 2.11. The van der Waals surface area contributed by atoms with Gasteiger partial charge in [0.2, 0.25) is 0 Å². The molecule has 2 saturated carbocycles. The highest BCUT2D eigenvalue weighted by molar-refractivity contribution is 4.93. The number of nitrogens with one attached hydrogen (secondary N) is 1. The first kappa shape index (κ1) is 14.9. The SMILES string of the molecule is CCC1CCC(CNC2CCCCCC2C#N)CC1. The Morgan fingerprint density at radius 3 is 2.32 bits per heavy atom. The van der Waals surface area contributed by atoms with Gasteiger partial charge in [-0.3, -0.25) is 0 Å². The van der Waals surface area contributed by atoms with Gasteiger partial charge in [-0.1, -0.05) is 45.4 Å². The Kier molecular flexibility index (Phi) is 6.17. The molecule has 2 rings (SSSR count). The van der Waals surface area contributed by atoms with Crippen LogP contribution >= 0.6 is 0 Å². The molecule has 0 aliphatic heterocycles. The Morgan fingerprint density at radius 1 is 0.947 bits per heavy atom. The summed E-state index contributed by atoms with van der Waals surface area (Å²) in [4.78, 5) is 0. The molecule has 2 heteroatoms. The van der Waals surface area contributed by atoms with Crippen LogP contribution in [0.4, 0.5) is 0 Å². The predicted molar refractivity (Wildman–Crippen MR) is 79.7 cm³/mol. The molecule has 0 aromatic rings. The normalized spacial score (nSPS) is 36.4. The van der Waals surface area contributed by atoms with Crippen molar-refractivity contribution < 1.29 is 0 Å². The lowest BCUT2D eigenvalue weighted by Gasteiger charge is -2.30. The lowest BCUT2D eigenvalue weighted by atomic mass is 9.80. The third kappa shape index (κ3) is 4.49. The molecule has 2 nitrogen and oxygen atoms in total. The van der Waals surface area contributed by atoms with E-state index in [4.69, 9.17) is 0 Å². The average Bonchev–Trinajstić information content (AvgIpc) is 2.70. The molecular weight excluding hydrogens is 232 g/mol. The molecule has 0 radical (unpaired) electrons. The molecule has 108 valence electrons. The Bertz CT molecular complexity index is 286. The standard InChI is InChI=1S/C17H30N2/c1-2-14-8-10-15(11-9-14)13-19-17-7-5-3-4-6-16(17)12-18/h14-17,19H,2-11,13H2,1H3. The molecule has 2 aliphatic carbocycles. The molecule has 2 aliphatic rings. The predicted octanol–water partition coefficient (Wildman–Crippen LogP) is 4.26. The van der Waals surface area contributed by atoms with Crippen LogP contribution in [0.3, 0.4) is 0 Å². The van der Waals surface area contributed by atoms with Gasteiger partial charge in [-0.15, -0.1) is 0 Å². The summed E-state index contributed by atoms with van der Waals surface area (Å²) in [6, 6.07) is 3.00. The van der Waals surface area contributed by atoms with E-state index in [1.165, 1.54) is 57.8 Å². The van der Waals surface area contributed by atoms with Gasteiger partial charge in [-0.05, 0) is 44.1 Å². The molecule has 0 aromatic carbocycles. The van der Waals surface area contributed by atoms with Crippen LogP contribution in [-0.4, -0.2) is 12.6 Å². The first-order valence-corrected chi connectivity index (χ1v) is 8.46. The summed E-state index contributed by atoms with van der Waals surface area (Å²) in [6.07, 6.45) is 13.2. The van der Waals surface area contributed by atoms with Gasteiger partial charge in [0.05, 0.1) is 12.0 Å². The molecule has 1 N–H and O–H groups in total. The van der Waals surface area contributed by atoms with Gasteiger partial charge in [0, 0.05) is 6.04 Å². The number of nitrogens with zero attached hydrogens (tertiary/aromatic N) is 1. The summed E-state index contributed by atoms with van der Waals surface area (Å²) in [7, 11) is 0. The van der Waals surface area contributed by atoms with Crippen molar-refractivity contribution in [2.75, 3.05) is 6.54 Å². The smallest absolute Gasteiger partial charge is 0.0672 e. The Balaban J connectivity index is 1.73. The molecule has 2 atom stereocenters. The van der Waals surface area contributed by atoms with E-state index in [0.717, 1.165) is 24.8 Å². The molecule has 0 saturated heterocycles. The van der Waals surface area contributed by atoms with Crippen LogP contribution in [0, 0.1) is 29.1 Å². The van der Waals surface area contributed by atoms with Gasteiger partial charge < -0.3 is 5.32 Å². The van der Waals surface area contributed by atoms with Crippen LogP contribution in [-0.2, 0) is 0 Å². The highest BCUT2D eigenvalue weighted by Gasteiger charge is 2.25. The van der Waals surface area contributed by atoms with Crippen molar-refractivity contribution in [2.24, 2.45) is 17.8 Å². The van der Waals surface area contributed by atoms with Crippen LogP contribution in [0.5, 0.6) is 0 Å². The highest BCUT2D eigenvalue weighted by Crippen LogP contribution is 2.30. The molecular formula is C17H30N2. The van der Waals surface area contributed by atoms with Crippen molar-refractivity contribution in [3.05, 3.63) is 0 Å². The zero-order valence-corrected chi connectivity index (χ0v) is 12.5. The third-order valence-corrected chi connectivity index (χ3v) is 5.39. The fourth-order valence-electron chi connectivity index (χ4n) is 3.87. The van der Waals surface area contributed by atoms with E-state index in [-0.39, 0.29) is 5.92 Å². The van der Waals surface area contributed by atoms with E-state index in [2.05, 4.69) is 18.3 Å². The van der Waals surface area contributed by atoms with E-state index in [9.17, 15) is 5.26 Å². The third-order valence-electron chi connectivity index (χ3n) is 5.39. The molecule has 2 fully saturated rings. The monoisotopic (exact) mass is 262 g/mol. The topological polar surface area (TPSA) is 35.8 Å². The van der Waals surface area contributed by atoms with Crippen LogP contribution in [0.1, 0.15) is 71.1 Å². The van der Waals surface area contributed by atoms with Crippen LogP contribution < -0.4 is 5.32 Å². The van der Waals surface area contributed by atoms with E-state index in [1.54, 1.807) is 0 Å². The van der Waals surface area contributed by atoms with E-state index < -0.39 is 0 Å². The van der Waals surface area contributed by atoms with Crippen molar-refractivity contribution in [3.63, 3.8) is 0 Å². The average molecular weight is 262 g/mol. The second-order valence-corrected chi connectivity index (χ2v) is 6.68. The fourth-order valence-corrected chi connectivity index (χ4v) is 3.87. The summed E-state index contributed by atoms with van der Waals surface area (Å²) >= 11 is 0. The summed E-state index contributed by atoms with van der Waals surface area (Å²) in [5.41, 5.74) is 0. The zero-order valence-electron chi connectivity index (χ0n) is 12.5. The van der Waals surface area contributed by atoms with Gasteiger partial charge in [0.25, 0.3) is 0 Å². The van der Waals surface area contributed by atoms with Crippen molar-refractivity contribution in [1.29, 1.82) is 5.26 Å². The van der Waals surface area contributed by atoms with Crippen molar-refractivity contribution in [3.8, 4) is 6.07 Å². The molecule has 0 heterocycles. The van der Waals surface area contributed by atoms with E-state index in [1.807, 2.05) is 0 Å². The molecule has 0 amide bonds. The number of nitriles is 1. The quantitative estimate of drug-likeness (QED) is 0.768. The van der Waals surface area contributed by atoms with Crippen LogP contribution in [0.2, 0.25) is 0 Å². The van der Waals surface area contributed by atoms with E-state index >= 15 is 0 Å². The summed E-state index contributed by atoms with van der Waals surface area (Å²) in [6.45, 7) is 3.48. The highest BCUT2D eigenvalue weighted by atomic mass is 14.9. The number of hydrogen-bond acceptors (Lipinski definition) is 2. The first-order valence-electron chi connectivity index (χ1n) is 8.46. The summed E-state index contributed by atoms with van der Waals surface area (Å²) < 4.78 is 0. The van der Waals surface area contributed by atoms with Gasteiger partial charge in [0.1, 0.15) is 0 Å². The van der Waals surface area contributed by atoms with Crippen LogP contribution in [0.15, 0.2) is 0 Å². The van der Waals surface area contributed by atoms with Gasteiger partial charge in [-0.2, -0.15) is 5.26 Å². The molecule has 2 unspecified atom stereocenters. The first-order chi connectivity index (χ1) is 9.33. The summed E-state index contributed by atoms with van der Waals surface area (Å²) in [5, 5.41) is 13.0. The maximum atomic E-state index is 9.30. The van der Waals surface area contributed by atoms with Crippen molar-refractivity contribution >= 4 is 0 Å². The van der Waals surface area contributed by atoms with Crippen LogP contribution in [0.25, 0.3) is 0 Å². The Hall–Kier alpha value is -0.550. The second kappa shape index (κ2) is 7.90. The lowest BCUT2D eigenvalue weighted by molar-refractivity contribution is 0.248. The zero-order chi connectivity index (χ0) is 13.5. The van der Waals surface area contributed by atoms with Gasteiger partial charge in [-0.25, -0.2) is 0 Å². The van der Waals surface area contributed by atoms with Gasteiger partial charge in [0.15, 0.2) is 0 Å². The maximum absolute atomic E-state index is 9.30. The fraction of sp³-hybridized carbons (Fsp3) is 0.941. The Morgan fingerprint density at radius 2 is 1.63 bits per heavy atom. The van der Waals surface area contributed by atoms with Crippen molar-refractivity contribution in [2.45, 2.75) is 77.2 Å². The van der Waals surface area contributed by atoms with Crippen molar-refractivity contribution in [1.82, 2.24) is 5.32 Å².